The van der Waals surface area contributed by atoms with Crippen molar-refractivity contribution in [1.82, 2.24) is 0 Å². The van der Waals surface area contributed by atoms with Crippen LogP contribution in [0.15, 0.2) is 10.6 Å². The minimum atomic E-state index is 0.460. The van der Waals surface area contributed by atoms with Crippen molar-refractivity contribution in [1.29, 1.82) is 0 Å². The van der Waals surface area contributed by atoms with Gasteiger partial charge in [0, 0.05) is 7.11 Å². The first-order chi connectivity index (χ1) is 11.7. The van der Waals surface area contributed by atoms with Crippen LogP contribution in [-0.2, 0) is 4.74 Å². The minimum absolute atomic E-state index is 0.460. The lowest BCUT2D eigenvalue weighted by Gasteiger charge is -2.41. The van der Waals surface area contributed by atoms with Crippen molar-refractivity contribution in [2.24, 2.45) is 29.6 Å². The highest BCUT2D eigenvalue weighted by atomic mass is 35.5. The zero-order chi connectivity index (χ0) is 16.9. The Morgan fingerprint density at radius 1 is 0.667 bits per heavy atom. The summed E-state index contributed by atoms with van der Waals surface area (Å²) in [5, 5.41) is 0. The van der Waals surface area contributed by atoms with Crippen LogP contribution in [0.4, 0.5) is 0 Å². The first kappa shape index (κ1) is 19.1. The van der Waals surface area contributed by atoms with Crippen LogP contribution in [0.5, 0.6) is 0 Å². The molecule has 0 bridgehead atoms. The third-order valence-electron chi connectivity index (χ3n) is 7.38. The van der Waals surface area contributed by atoms with E-state index in [1.165, 1.54) is 77.0 Å². The molecule has 0 aliphatic heterocycles. The summed E-state index contributed by atoms with van der Waals surface area (Å²) in [7, 11) is 1.88. The summed E-state index contributed by atoms with van der Waals surface area (Å²) in [6.07, 6.45) is 19.3. The Bertz CT molecular complexity index is 394. The molecule has 0 aromatic heterocycles. The fourth-order valence-electron chi connectivity index (χ4n) is 5.84. The maximum absolute atomic E-state index is 5.82. The van der Waals surface area contributed by atoms with Crippen molar-refractivity contribution >= 4 is 23.2 Å². The van der Waals surface area contributed by atoms with Crippen molar-refractivity contribution in [3.8, 4) is 0 Å². The monoisotopic (exact) mass is 372 g/mol. The molecule has 0 heterocycles. The van der Waals surface area contributed by atoms with E-state index in [2.05, 4.69) is 6.08 Å². The Balaban J connectivity index is 1.39. The topological polar surface area (TPSA) is 9.23 Å². The van der Waals surface area contributed by atoms with Gasteiger partial charge in [-0.05, 0) is 107 Å². The van der Waals surface area contributed by atoms with Crippen molar-refractivity contribution in [2.45, 2.75) is 83.2 Å². The first-order valence-electron chi connectivity index (χ1n) is 10.2. The molecule has 138 valence electrons. The number of ether oxygens (including phenoxy) is 1. The van der Waals surface area contributed by atoms with Crippen LogP contribution < -0.4 is 0 Å². The fourth-order valence-corrected chi connectivity index (χ4v) is 6.20. The van der Waals surface area contributed by atoms with E-state index in [0.29, 0.717) is 16.5 Å². The van der Waals surface area contributed by atoms with Gasteiger partial charge in [0.1, 0.15) is 4.49 Å². The number of methoxy groups -OCH3 is 1. The van der Waals surface area contributed by atoms with Crippen LogP contribution in [0.2, 0.25) is 0 Å². The summed E-state index contributed by atoms with van der Waals surface area (Å²) in [6.45, 7) is 0. The summed E-state index contributed by atoms with van der Waals surface area (Å²) in [6, 6.07) is 0. The molecule has 0 radical (unpaired) electrons. The lowest BCUT2D eigenvalue weighted by atomic mass is 9.65. The van der Waals surface area contributed by atoms with Gasteiger partial charge < -0.3 is 4.74 Å². The van der Waals surface area contributed by atoms with E-state index in [9.17, 15) is 0 Å². The highest BCUT2D eigenvalue weighted by molar-refractivity contribution is 6.55. The summed E-state index contributed by atoms with van der Waals surface area (Å²) in [4.78, 5) is 0. The maximum Gasteiger partial charge on any atom is 0.103 e. The standard InChI is InChI=1S/C21H34Cl2O/c1-24-20-12-10-19(11-13-20)18-8-6-17(7-9-18)16-4-2-15(3-5-16)14-21(22)23/h14-20H,2-13H2,1H3. The summed E-state index contributed by atoms with van der Waals surface area (Å²) >= 11 is 11.6. The molecule has 0 aromatic rings. The predicted molar refractivity (Wildman–Crippen MR) is 103 cm³/mol. The van der Waals surface area contributed by atoms with Gasteiger partial charge in [0.25, 0.3) is 0 Å². The molecule has 3 rings (SSSR count). The molecule has 0 spiro atoms. The van der Waals surface area contributed by atoms with Gasteiger partial charge in [0.05, 0.1) is 6.10 Å². The Labute approximate surface area is 158 Å². The van der Waals surface area contributed by atoms with Crippen molar-refractivity contribution < 1.29 is 4.74 Å². The molecule has 24 heavy (non-hydrogen) atoms. The highest BCUT2D eigenvalue weighted by Gasteiger charge is 2.34. The molecule has 0 unspecified atom stereocenters. The molecule has 3 fully saturated rings. The van der Waals surface area contributed by atoms with Gasteiger partial charge in [-0.25, -0.2) is 0 Å². The summed E-state index contributed by atoms with van der Waals surface area (Å²) in [5.41, 5.74) is 0. The molecule has 3 heteroatoms. The zero-order valence-corrected chi connectivity index (χ0v) is 16.7. The number of hydrogen-bond donors (Lipinski definition) is 0. The Morgan fingerprint density at radius 2 is 1.04 bits per heavy atom. The second-order valence-corrected chi connectivity index (χ2v) is 9.59. The van der Waals surface area contributed by atoms with Gasteiger partial charge in [-0.3, -0.25) is 0 Å². The molecule has 0 aromatic carbocycles. The third kappa shape index (κ3) is 5.15. The van der Waals surface area contributed by atoms with Crippen LogP contribution in [0.3, 0.4) is 0 Å². The lowest BCUT2D eigenvalue weighted by molar-refractivity contribution is 0.0359. The lowest BCUT2D eigenvalue weighted by Crippen LogP contribution is -2.30. The first-order valence-corrected chi connectivity index (χ1v) is 11.0. The van der Waals surface area contributed by atoms with Gasteiger partial charge in [-0.1, -0.05) is 29.3 Å². The fraction of sp³-hybridized carbons (Fsp3) is 0.905. The molecule has 1 nitrogen and oxygen atoms in total. The zero-order valence-electron chi connectivity index (χ0n) is 15.2. The molecular formula is C21H34Cl2O. The molecule has 0 saturated heterocycles. The quantitative estimate of drug-likeness (QED) is 0.510. The van der Waals surface area contributed by atoms with Crippen molar-refractivity contribution in [3.63, 3.8) is 0 Å². The van der Waals surface area contributed by atoms with Gasteiger partial charge in [-0.15, -0.1) is 0 Å². The van der Waals surface area contributed by atoms with Gasteiger partial charge in [0.15, 0.2) is 0 Å². The van der Waals surface area contributed by atoms with E-state index < -0.39 is 0 Å². The summed E-state index contributed by atoms with van der Waals surface area (Å²) < 4.78 is 6.00. The smallest absolute Gasteiger partial charge is 0.103 e. The number of allylic oxidation sites excluding steroid dienone is 1. The average molecular weight is 373 g/mol. The number of rotatable bonds is 4. The maximum atomic E-state index is 5.82. The average Bonchev–Trinajstić information content (AvgIpc) is 2.62. The van der Waals surface area contributed by atoms with Crippen LogP contribution in [0.1, 0.15) is 77.0 Å². The van der Waals surface area contributed by atoms with E-state index in [4.69, 9.17) is 27.9 Å². The Kier molecular flexibility index (Phi) is 7.37. The van der Waals surface area contributed by atoms with E-state index in [1.807, 2.05) is 7.11 Å². The van der Waals surface area contributed by atoms with E-state index in [1.54, 1.807) is 0 Å². The van der Waals surface area contributed by atoms with Crippen molar-refractivity contribution in [3.05, 3.63) is 10.6 Å². The van der Waals surface area contributed by atoms with Gasteiger partial charge >= 0.3 is 0 Å². The van der Waals surface area contributed by atoms with E-state index in [-0.39, 0.29) is 0 Å². The Hall–Kier alpha value is 0.280. The molecule has 3 saturated carbocycles. The number of halogens is 2. The molecule has 3 aliphatic carbocycles. The molecule has 3 aliphatic rings. The minimum Gasteiger partial charge on any atom is -0.381 e. The van der Waals surface area contributed by atoms with Crippen LogP contribution in [0.25, 0.3) is 0 Å². The third-order valence-corrected chi connectivity index (χ3v) is 7.63. The summed E-state index contributed by atoms with van der Waals surface area (Å²) in [5.74, 6) is 4.58. The van der Waals surface area contributed by atoms with Crippen molar-refractivity contribution in [2.75, 3.05) is 7.11 Å². The van der Waals surface area contributed by atoms with Gasteiger partial charge in [-0.2, -0.15) is 0 Å². The Morgan fingerprint density at radius 3 is 1.42 bits per heavy atom. The SMILES string of the molecule is COC1CCC(C2CCC(C3CCC(C=C(Cl)Cl)CC3)CC2)CC1. The van der Waals surface area contributed by atoms with Crippen LogP contribution in [0, 0.1) is 29.6 Å². The highest BCUT2D eigenvalue weighted by Crippen LogP contribution is 2.45. The molecule has 0 atom stereocenters. The molecular weight excluding hydrogens is 339 g/mol. The number of hydrogen-bond acceptors (Lipinski definition) is 1. The molecule has 0 amide bonds. The predicted octanol–water partition coefficient (Wildman–Crippen LogP) is 7.12. The van der Waals surface area contributed by atoms with E-state index in [0.717, 1.165) is 23.7 Å². The second kappa shape index (κ2) is 9.28. The van der Waals surface area contributed by atoms with Gasteiger partial charge in [0.2, 0.25) is 0 Å². The normalized spacial score (nSPS) is 41.0. The van der Waals surface area contributed by atoms with Crippen LogP contribution >= 0.6 is 23.2 Å². The van der Waals surface area contributed by atoms with E-state index >= 15 is 0 Å². The second-order valence-electron chi connectivity index (χ2n) is 8.58. The molecule has 0 N–H and O–H groups in total. The van der Waals surface area contributed by atoms with Crippen LogP contribution in [-0.4, -0.2) is 13.2 Å². The largest absolute Gasteiger partial charge is 0.381 e.